The molecule has 0 aromatic carbocycles. The van der Waals surface area contributed by atoms with Gasteiger partial charge in [-0.15, -0.1) is 0 Å². The van der Waals surface area contributed by atoms with Gasteiger partial charge in [-0.05, 0) is 46.1 Å². The third-order valence-corrected chi connectivity index (χ3v) is 3.53. The third-order valence-electron chi connectivity index (χ3n) is 3.53. The summed E-state index contributed by atoms with van der Waals surface area (Å²) in [5, 5.41) is 0. The average Bonchev–Trinajstić information content (AvgIpc) is 3.18. The molecule has 1 aliphatic rings. The van der Waals surface area contributed by atoms with E-state index in [1.165, 1.54) is 12.8 Å². The highest BCUT2D eigenvalue weighted by Gasteiger charge is 2.31. The van der Waals surface area contributed by atoms with Crippen LogP contribution in [0.1, 0.15) is 39.5 Å². The summed E-state index contributed by atoms with van der Waals surface area (Å²) in [6.07, 6.45) is 4.12. The van der Waals surface area contributed by atoms with Crippen molar-refractivity contribution >= 4 is 5.97 Å². The van der Waals surface area contributed by atoms with E-state index in [4.69, 9.17) is 15.2 Å². The van der Waals surface area contributed by atoms with Gasteiger partial charge in [0.2, 0.25) is 0 Å². The second kappa shape index (κ2) is 7.82. The van der Waals surface area contributed by atoms with Crippen molar-refractivity contribution in [2.75, 3.05) is 33.4 Å². The maximum Gasteiger partial charge on any atom is 0.325 e. The van der Waals surface area contributed by atoms with E-state index in [-0.39, 0.29) is 5.97 Å². The minimum atomic E-state index is -0.869. The SMILES string of the molecule is CCOC(=O)C(C)(N)CCCN(CCOC)C1CC1. The molecule has 1 saturated carbocycles. The van der Waals surface area contributed by atoms with Crippen molar-refractivity contribution in [1.82, 2.24) is 4.90 Å². The Morgan fingerprint density at radius 1 is 1.42 bits per heavy atom. The zero-order valence-corrected chi connectivity index (χ0v) is 12.5. The average molecular weight is 272 g/mol. The summed E-state index contributed by atoms with van der Waals surface area (Å²) in [5.74, 6) is -0.301. The Bertz CT molecular complexity index is 278. The van der Waals surface area contributed by atoms with Crippen LogP contribution in [0.25, 0.3) is 0 Å². The lowest BCUT2D eigenvalue weighted by Gasteiger charge is -2.25. The molecule has 0 saturated heterocycles. The number of hydrogen-bond acceptors (Lipinski definition) is 5. The highest BCUT2D eigenvalue weighted by Crippen LogP contribution is 2.27. The number of carbonyl (C=O) groups is 1. The van der Waals surface area contributed by atoms with Gasteiger partial charge in [-0.1, -0.05) is 0 Å². The summed E-state index contributed by atoms with van der Waals surface area (Å²) < 4.78 is 10.1. The zero-order chi connectivity index (χ0) is 14.3. The Morgan fingerprint density at radius 3 is 2.63 bits per heavy atom. The highest BCUT2D eigenvalue weighted by atomic mass is 16.5. The van der Waals surface area contributed by atoms with Crippen LogP contribution in [0.15, 0.2) is 0 Å². The van der Waals surface area contributed by atoms with Crippen molar-refractivity contribution in [3.8, 4) is 0 Å². The van der Waals surface area contributed by atoms with Gasteiger partial charge in [0.05, 0.1) is 13.2 Å². The van der Waals surface area contributed by atoms with E-state index in [0.717, 1.165) is 26.1 Å². The van der Waals surface area contributed by atoms with Crippen molar-refractivity contribution in [3.05, 3.63) is 0 Å². The normalized spacial score (nSPS) is 18.4. The number of rotatable bonds is 10. The second-order valence-corrected chi connectivity index (χ2v) is 5.50. The van der Waals surface area contributed by atoms with Crippen LogP contribution in [-0.2, 0) is 14.3 Å². The predicted molar refractivity (Wildman–Crippen MR) is 74.9 cm³/mol. The number of carbonyl (C=O) groups excluding carboxylic acids is 1. The van der Waals surface area contributed by atoms with Crippen LogP contribution < -0.4 is 5.73 Å². The first kappa shape index (κ1) is 16.4. The fraction of sp³-hybridized carbons (Fsp3) is 0.929. The van der Waals surface area contributed by atoms with Crippen molar-refractivity contribution in [2.45, 2.75) is 51.1 Å². The molecule has 0 spiro atoms. The van der Waals surface area contributed by atoms with E-state index in [1.807, 2.05) is 0 Å². The lowest BCUT2D eigenvalue weighted by molar-refractivity contribution is -0.149. The molecular formula is C14H28N2O3. The molecule has 0 amide bonds. The van der Waals surface area contributed by atoms with Gasteiger partial charge in [0.1, 0.15) is 5.54 Å². The molecule has 1 unspecified atom stereocenters. The lowest BCUT2D eigenvalue weighted by Crippen LogP contribution is -2.46. The van der Waals surface area contributed by atoms with Crippen molar-refractivity contribution < 1.29 is 14.3 Å². The maximum absolute atomic E-state index is 11.7. The van der Waals surface area contributed by atoms with Gasteiger partial charge in [-0.2, -0.15) is 0 Å². The molecule has 5 nitrogen and oxygen atoms in total. The molecule has 1 aliphatic carbocycles. The van der Waals surface area contributed by atoms with Gasteiger partial charge < -0.3 is 15.2 Å². The van der Waals surface area contributed by atoms with Crippen LogP contribution in [0, 0.1) is 0 Å². The molecule has 0 radical (unpaired) electrons. The van der Waals surface area contributed by atoms with Crippen LogP contribution in [-0.4, -0.2) is 55.9 Å². The van der Waals surface area contributed by atoms with Gasteiger partial charge in [0.15, 0.2) is 0 Å². The van der Waals surface area contributed by atoms with Crippen LogP contribution in [0.4, 0.5) is 0 Å². The predicted octanol–water partition coefficient (Wildman–Crippen LogP) is 1.16. The fourth-order valence-corrected chi connectivity index (χ4v) is 2.17. The number of methoxy groups -OCH3 is 1. The maximum atomic E-state index is 11.7. The number of esters is 1. The summed E-state index contributed by atoms with van der Waals surface area (Å²) in [6.45, 7) is 6.62. The summed E-state index contributed by atoms with van der Waals surface area (Å²) in [7, 11) is 1.72. The van der Waals surface area contributed by atoms with Gasteiger partial charge in [0.25, 0.3) is 0 Å². The molecule has 0 heterocycles. The quantitative estimate of drug-likeness (QED) is 0.605. The molecule has 0 aromatic rings. The Labute approximate surface area is 116 Å². The van der Waals surface area contributed by atoms with E-state index in [2.05, 4.69) is 4.90 Å². The van der Waals surface area contributed by atoms with Crippen LogP contribution in [0.5, 0.6) is 0 Å². The summed E-state index contributed by atoms with van der Waals surface area (Å²) in [6, 6.07) is 0.710. The Kier molecular flexibility index (Phi) is 6.75. The van der Waals surface area contributed by atoms with E-state index in [9.17, 15) is 4.79 Å². The molecule has 0 aromatic heterocycles. The smallest absolute Gasteiger partial charge is 0.325 e. The van der Waals surface area contributed by atoms with Gasteiger partial charge >= 0.3 is 5.97 Å². The Morgan fingerprint density at radius 2 is 2.11 bits per heavy atom. The van der Waals surface area contributed by atoms with Gasteiger partial charge in [-0.25, -0.2) is 0 Å². The second-order valence-electron chi connectivity index (χ2n) is 5.50. The number of ether oxygens (including phenoxy) is 2. The lowest BCUT2D eigenvalue weighted by atomic mass is 9.97. The van der Waals surface area contributed by atoms with E-state index in [0.29, 0.717) is 19.1 Å². The topological polar surface area (TPSA) is 64.8 Å². The van der Waals surface area contributed by atoms with Crippen LogP contribution in [0.2, 0.25) is 0 Å². The Hall–Kier alpha value is -0.650. The molecule has 112 valence electrons. The van der Waals surface area contributed by atoms with Crippen molar-refractivity contribution in [1.29, 1.82) is 0 Å². The van der Waals surface area contributed by atoms with E-state index in [1.54, 1.807) is 21.0 Å². The summed E-state index contributed by atoms with van der Waals surface area (Å²) in [5.41, 5.74) is 5.14. The summed E-state index contributed by atoms with van der Waals surface area (Å²) in [4.78, 5) is 14.1. The highest BCUT2D eigenvalue weighted by molar-refractivity contribution is 5.79. The number of hydrogen-bond donors (Lipinski definition) is 1. The van der Waals surface area contributed by atoms with Crippen LogP contribution >= 0.6 is 0 Å². The number of nitrogens with zero attached hydrogens (tertiary/aromatic N) is 1. The minimum absolute atomic E-state index is 0.301. The third kappa shape index (κ3) is 5.89. The minimum Gasteiger partial charge on any atom is -0.465 e. The number of nitrogens with two attached hydrogens (primary N) is 1. The molecule has 0 bridgehead atoms. The van der Waals surface area contributed by atoms with Crippen LogP contribution in [0.3, 0.4) is 0 Å². The molecule has 5 heteroatoms. The molecular weight excluding hydrogens is 244 g/mol. The van der Waals surface area contributed by atoms with Gasteiger partial charge in [0, 0.05) is 19.7 Å². The largest absolute Gasteiger partial charge is 0.465 e. The first-order chi connectivity index (χ1) is 9.01. The molecule has 2 N–H and O–H groups in total. The molecule has 1 fully saturated rings. The van der Waals surface area contributed by atoms with Crippen molar-refractivity contribution in [2.24, 2.45) is 5.73 Å². The zero-order valence-electron chi connectivity index (χ0n) is 12.5. The first-order valence-electron chi connectivity index (χ1n) is 7.20. The fourth-order valence-electron chi connectivity index (χ4n) is 2.17. The first-order valence-corrected chi connectivity index (χ1v) is 7.20. The van der Waals surface area contributed by atoms with E-state index < -0.39 is 5.54 Å². The molecule has 0 aliphatic heterocycles. The molecule has 19 heavy (non-hydrogen) atoms. The molecule has 1 atom stereocenters. The summed E-state index contributed by atoms with van der Waals surface area (Å²) >= 11 is 0. The molecule has 1 rings (SSSR count). The van der Waals surface area contributed by atoms with Gasteiger partial charge in [-0.3, -0.25) is 9.69 Å². The van der Waals surface area contributed by atoms with E-state index >= 15 is 0 Å². The Balaban J connectivity index is 2.28. The van der Waals surface area contributed by atoms with Crippen molar-refractivity contribution in [3.63, 3.8) is 0 Å². The monoisotopic (exact) mass is 272 g/mol. The standard InChI is InChI=1S/C14H28N2O3/c1-4-19-13(17)14(2,15)8-5-9-16(10-11-18-3)12-6-7-12/h12H,4-11,15H2,1-3H3.